The van der Waals surface area contributed by atoms with Gasteiger partial charge in [-0.15, -0.1) is 0 Å². The molecule has 0 saturated carbocycles. The molecule has 1 aromatic carbocycles. The zero-order valence-electron chi connectivity index (χ0n) is 7.19. The van der Waals surface area contributed by atoms with Gasteiger partial charge in [-0.1, -0.05) is 23.7 Å². The Balaban J connectivity index is 2.33. The summed E-state index contributed by atoms with van der Waals surface area (Å²) in [7, 11) is 0. The van der Waals surface area contributed by atoms with E-state index >= 15 is 0 Å². The summed E-state index contributed by atoms with van der Waals surface area (Å²) < 4.78 is 13.5. The second-order valence-electron chi connectivity index (χ2n) is 3.29. The van der Waals surface area contributed by atoms with Crippen LogP contribution in [0.25, 0.3) is 0 Å². The van der Waals surface area contributed by atoms with Crippen LogP contribution in [0.1, 0.15) is 24.4 Å². The van der Waals surface area contributed by atoms with Crippen LogP contribution in [0.5, 0.6) is 0 Å². The lowest BCUT2D eigenvalue weighted by atomic mass is 10.1. The molecule has 0 aliphatic carbocycles. The maximum atomic E-state index is 13.5. The highest BCUT2D eigenvalue weighted by Crippen LogP contribution is 2.28. The van der Waals surface area contributed by atoms with Crippen molar-refractivity contribution in [2.75, 3.05) is 6.54 Å². The maximum absolute atomic E-state index is 13.5. The van der Waals surface area contributed by atoms with Gasteiger partial charge in [0, 0.05) is 11.6 Å². The van der Waals surface area contributed by atoms with Crippen LogP contribution in [-0.4, -0.2) is 6.54 Å². The van der Waals surface area contributed by atoms with Crippen molar-refractivity contribution in [3.63, 3.8) is 0 Å². The Morgan fingerprint density at radius 2 is 2.31 bits per heavy atom. The van der Waals surface area contributed by atoms with Gasteiger partial charge >= 0.3 is 0 Å². The second kappa shape index (κ2) is 3.64. The van der Waals surface area contributed by atoms with Gasteiger partial charge in [-0.3, -0.25) is 0 Å². The highest BCUT2D eigenvalue weighted by molar-refractivity contribution is 6.30. The van der Waals surface area contributed by atoms with E-state index in [1.807, 2.05) is 0 Å². The number of rotatable bonds is 1. The van der Waals surface area contributed by atoms with Crippen LogP contribution in [0, 0.1) is 5.82 Å². The van der Waals surface area contributed by atoms with E-state index in [1.54, 1.807) is 18.2 Å². The summed E-state index contributed by atoms with van der Waals surface area (Å²) >= 11 is 5.69. The molecule has 1 heterocycles. The Morgan fingerprint density at radius 3 is 3.00 bits per heavy atom. The minimum Gasteiger partial charge on any atom is -0.310 e. The summed E-state index contributed by atoms with van der Waals surface area (Å²) in [4.78, 5) is 0. The first-order valence-electron chi connectivity index (χ1n) is 4.46. The third kappa shape index (κ3) is 1.69. The number of halogens is 2. The molecule has 3 heteroatoms. The SMILES string of the molecule is Fc1c(Cl)cccc1C1CCCN1. The van der Waals surface area contributed by atoms with Gasteiger partial charge < -0.3 is 5.32 Å². The largest absolute Gasteiger partial charge is 0.310 e. The molecule has 1 nitrogen and oxygen atoms in total. The molecule has 70 valence electrons. The highest BCUT2D eigenvalue weighted by Gasteiger charge is 2.20. The molecule has 13 heavy (non-hydrogen) atoms. The second-order valence-corrected chi connectivity index (χ2v) is 3.70. The van der Waals surface area contributed by atoms with Crippen LogP contribution in [0.4, 0.5) is 4.39 Å². The van der Waals surface area contributed by atoms with E-state index in [2.05, 4.69) is 5.32 Å². The summed E-state index contributed by atoms with van der Waals surface area (Å²) in [5.41, 5.74) is 0.699. The number of hydrogen-bond donors (Lipinski definition) is 1. The molecule has 1 atom stereocenters. The summed E-state index contributed by atoms with van der Waals surface area (Å²) in [6.07, 6.45) is 2.11. The molecule has 0 spiro atoms. The molecule has 0 amide bonds. The molecule has 1 aromatic rings. The van der Waals surface area contributed by atoms with Crippen molar-refractivity contribution in [3.8, 4) is 0 Å². The van der Waals surface area contributed by atoms with E-state index in [0.29, 0.717) is 5.56 Å². The first-order chi connectivity index (χ1) is 6.29. The van der Waals surface area contributed by atoms with E-state index in [0.717, 1.165) is 19.4 Å². The predicted octanol–water partition coefficient (Wildman–Crippen LogP) is 2.90. The number of hydrogen-bond acceptors (Lipinski definition) is 1. The fourth-order valence-corrected chi connectivity index (χ4v) is 1.92. The monoisotopic (exact) mass is 199 g/mol. The molecule has 1 unspecified atom stereocenters. The lowest BCUT2D eigenvalue weighted by Gasteiger charge is -2.11. The van der Waals surface area contributed by atoms with Gasteiger partial charge in [0.1, 0.15) is 5.82 Å². The molecule has 1 fully saturated rings. The van der Waals surface area contributed by atoms with Gasteiger partial charge in [-0.2, -0.15) is 0 Å². The first-order valence-corrected chi connectivity index (χ1v) is 4.84. The van der Waals surface area contributed by atoms with Crippen LogP contribution in [0.3, 0.4) is 0 Å². The van der Waals surface area contributed by atoms with Gasteiger partial charge in [0.05, 0.1) is 5.02 Å². The van der Waals surface area contributed by atoms with Crippen molar-refractivity contribution in [2.45, 2.75) is 18.9 Å². The van der Waals surface area contributed by atoms with Gasteiger partial charge in [-0.25, -0.2) is 4.39 Å². The summed E-state index contributed by atoms with van der Waals surface area (Å²) in [6, 6.07) is 5.32. The molecule has 2 rings (SSSR count). The quantitative estimate of drug-likeness (QED) is 0.734. The normalized spacial score (nSPS) is 22.2. The molecular weight excluding hydrogens is 189 g/mol. The van der Waals surface area contributed by atoms with Crippen LogP contribution in [0.2, 0.25) is 5.02 Å². The van der Waals surface area contributed by atoms with E-state index < -0.39 is 0 Å². The van der Waals surface area contributed by atoms with Crippen molar-refractivity contribution >= 4 is 11.6 Å². The van der Waals surface area contributed by atoms with E-state index in [9.17, 15) is 4.39 Å². The van der Waals surface area contributed by atoms with Crippen molar-refractivity contribution in [1.82, 2.24) is 5.32 Å². The molecule has 0 radical (unpaired) electrons. The maximum Gasteiger partial charge on any atom is 0.146 e. The van der Waals surface area contributed by atoms with Crippen molar-refractivity contribution in [3.05, 3.63) is 34.6 Å². The van der Waals surface area contributed by atoms with Crippen LogP contribution < -0.4 is 5.32 Å². The molecule has 1 N–H and O–H groups in total. The van der Waals surface area contributed by atoms with Crippen molar-refractivity contribution in [2.24, 2.45) is 0 Å². The third-order valence-corrected chi connectivity index (χ3v) is 2.71. The molecule has 1 aliphatic heterocycles. The van der Waals surface area contributed by atoms with Crippen molar-refractivity contribution < 1.29 is 4.39 Å². The van der Waals surface area contributed by atoms with Gasteiger partial charge in [0.15, 0.2) is 0 Å². The minimum absolute atomic E-state index is 0.152. The Labute approximate surface area is 81.9 Å². The molecule has 0 aromatic heterocycles. The molecular formula is C10H11ClFN. The average molecular weight is 200 g/mol. The zero-order chi connectivity index (χ0) is 9.26. The lowest BCUT2D eigenvalue weighted by molar-refractivity contribution is 0.559. The summed E-state index contributed by atoms with van der Waals surface area (Å²) in [5, 5.41) is 3.46. The van der Waals surface area contributed by atoms with Gasteiger partial charge in [-0.05, 0) is 25.5 Å². The van der Waals surface area contributed by atoms with Crippen LogP contribution >= 0.6 is 11.6 Å². The first kappa shape index (κ1) is 8.97. The highest BCUT2D eigenvalue weighted by atomic mass is 35.5. The standard InChI is InChI=1S/C10H11ClFN/c11-8-4-1-3-7(10(8)12)9-5-2-6-13-9/h1,3-4,9,13H,2,5-6H2. The number of nitrogens with one attached hydrogen (secondary N) is 1. The smallest absolute Gasteiger partial charge is 0.146 e. The fourth-order valence-electron chi connectivity index (χ4n) is 1.74. The molecule has 1 aliphatic rings. The molecule has 0 bridgehead atoms. The summed E-state index contributed by atoms with van der Waals surface area (Å²) in [6.45, 7) is 0.969. The van der Waals surface area contributed by atoms with Crippen molar-refractivity contribution in [1.29, 1.82) is 0 Å². The zero-order valence-corrected chi connectivity index (χ0v) is 7.94. The topological polar surface area (TPSA) is 12.0 Å². The van der Waals surface area contributed by atoms with Crippen LogP contribution in [0.15, 0.2) is 18.2 Å². The fraction of sp³-hybridized carbons (Fsp3) is 0.400. The summed E-state index contributed by atoms with van der Waals surface area (Å²) in [5.74, 6) is -0.274. The van der Waals surface area contributed by atoms with Gasteiger partial charge in [0.2, 0.25) is 0 Å². The minimum atomic E-state index is -0.274. The lowest BCUT2D eigenvalue weighted by Crippen LogP contribution is -2.14. The molecule has 1 saturated heterocycles. The van der Waals surface area contributed by atoms with E-state index in [-0.39, 0.29) is 16.9 Å². The van der Waals surface area contributed by atoms with Crippen LogP contribution in [-0.2, 0) is 0 Å². The Hall–Kier alpha value is -0.600. The van der Waals surface area contributed by atoms with Gasteiger partial charge in [0.25, 0.3) is 0 Å². The third-order valence-electron chi connectivity index (χ3n) is 2.42. The van der Waals surface area contributed by atoms with E-state index in [1.165, 1.54) is 0 Å². The average Bonchev–Trinajstić information content (AvgIpc) is 2.62. The Kier molecular flexibility index (Phi) is 2.51. The van der Waals surface area contributed by atoms with E-state index in [4.69, 9.17) is 11.6 Å². The Bertz CT molecular complexity index is 308. The Morgan fingerprint density at radius 1 is 1.46 bits per heavy atom. The number of benzene rings is 1. The predicted molar refractivity (Wildman–Crippen MR) is 51.4 cm³/mol.